The number of benzene rings is 2. The fourth-order valence-corrected chi connectivity index (χ4v) is 5.00. The van der Waals surface area contributed by atoms with Crippen LogP contribution in [0.2, 0.25) is 0 Å². The van der Waals surface area contributed by atoms with Crippen molar-refractivity contribution in [2.24, 2.45) is 11.3 Å². The first-order valence-electron chi connectivity index (χ1n) is 12.7. The van der Waals surface area contributed by atoms with Crippen molar-refractivity contribution in [1.82, 2.24) is 4.90 Å². The molecule has 9 heteroatoms. The Balaban J connectivity index is 2.14. The standard InChI is InChI=1S/C29H35F6NO2/c1-26(2,3)17-24(36-14-12-20(13-15-36)29(33,34)35)22-11-10-21(27(4,5)25(37)38)16-23(22)18-6-8-19(9-7-18)28(30,31)32/h6-11,16,20,24H,12-15,17H2,1-5H3,(H,37,38). The van der Waals surface area contributed by atoms with E-state index in [9.17, 15) is 36.2 Å². The Morgan fingerprint density at radius 2 is 1.42 bits per heavy atom. The molecule has 0 spiro atoms. The third-order valence-corrected chi connectivity index (χ3v) is 7.43. The molecule has 1 fully saturated rings. The molecule has 3 rings (SSSR count). The van der Waals surface area contributed by atoms with Crippen LogP contribution in [-0.4, -0.2) is 35.2 Å². The molecule has 38 heavy (non-hydrogen) atoms. The molecule has 1 aliphatic heterocycles. The largest absolute Gasteiger partial charge is 0.481 e. The van der Waals surface area contributed by atoms with E-state index in [1.807, 2.05) is 25.7 Å². The molecule has 0 radical (unpaired) electrons. The number of carbonyl (C=O) groups is 1. The van der Waals surface area contributed by atoms with Crippen molar-refractivity contribution >= 4 is 5.97 Å². The van der Waals surface area contributed by atoms with E-state index in [1.54, 1.807) is 32.0 Å². The number of carboxylic acid groups (broad SMARTS) is 1. The van der Waals surface area contributed by atoms with Crippen LogP contribution < -0.4 is 0 Å². The minimum absolute atomic E-state index is 0.0239. The highest BCUT2D eigenvalue weighted by Crippen LogP contribution is 2.44. The van der Waals surface area contributed by atoms with E-state index in [2.05, 4.69) is 0 Å². The Kier molecular flexibility index (Phi) is 8.33. The fourth-order valence-electron chi connectivity index (χ4n) is 5.00. The molecule has 1 saturated heterocycles. The zero-order valence-corrected chi connectivity index (χ0v) is 22.3. The monoisotopic (exact) mass is 543 g/mol. The van der Waals surface area contributed by atoms with Gasteiger partial charge in [0.2, 0.25) is 0 Å². The molecule has 1 unspecified atom stereocenters. The Morgan fingerprint density at radius 1 is 0.895 bits per heavy atom. The number of aliphatic carboxylic acids is 1. The van der Waals surface area contributed by atoms with Crippen molar-refractivity contribution in [2.45, 2.75) is 77.7 Å². The number of piperidine rings is 1. The first-order chi connectivity index (χ1) is 17.3. The number of hydrogen-bond acceptors (Lipinski definition) is 2. The van der Waals surface area contributed by atoms with E-state index in [4.69, 9.17) is 0 Å². The van der Waals surface area contributed by atoms with Crippen molar-refractivity contribution in [3.8, 4) is 11.1 Å². The second-order valence-corrected chi connectivity index (χ2v) is 11.9. The first kappa shape index (κ1) is 30.0. The third-order valence-electron chi connectivity index (χ3n) is 7.43. The van der Waals surface area contributed by atoms with Gasteiger partial charge in [-0.2, -0.15) is 26.3 Å². The van der Waals surface area contributed by atoms with Gasteiger partial charge in [0, 0.05) is 6.04 Å². The molecule has 1 N–H and O–H groups in total. The number of nitrogens with zero attached hydrogens (tertiary/aromatic N) is 1. The molecule has 1 heterocycles. The number of rotatable bonds is 6. The zero-order chi connectivity index (χ0) is 28.7. The number of hydrogen-bond donors (Lipinski definition) is 1. The predicted octanol–water partition coefficient (Wildman–Crippen LogP) is 8.49. The van der Waals surface area contributed by atoms with Gasteiger partial charge in [-0.15, -0.1) is 0 Å². The van der Waals surface area contributed by atoms with Crippen LogP contribution in [0.1, 0.15) is 76.6 Å². The summed E-state index contributed by atoms with van der Waals surface area (Å²) < 4.78 is 79.7. The fraction of sp³-hybridized carbons (Fsp3) is 0.552. The van der Waals surface area contributed by atoms with Crippen molar-refractivity contribution in [2.75, 3.05) is 13.1 Å². The van der Waals surface area contributed by atoms with E-state index in [1.165, 1.54) is 12.1 Å². The molecule has 3 nitrogen and oxygen atoms in total. The predicted molar refractivity (Wildman–Crippen MR) is 135 cm³/mol. The van der Waals surface area contributed by atoms with Crippen molar-refractivity contribution < 1.29 is 36.2 Å². The minimum atomic E-state index is -4.51. The first-order valence-corrected chi connectivity index (χ1v) is 12.7. The van der Waals surface area contributed by atoms with E-state index < -0.39 is 35.2 Å². The summed E-state index contributed by atoms with van der Waals surface area (Å²) in [7, 11) is 0. The molecule has 2 aromatic rings. The van der Waals surface area contributed by atoms with Gasteiger partial charge in [0.05, 0.1) is 16.9 Å². The van der Waals surface area contributed by atoms with Gasteiger partial charge >= 0.3 is 18.3 Å². The second-order valence-electron chi connectivity index (χ2n) is 11.9. The minimum Gasteiger partial charge on any atom is -0.481 e. The Hall–Kier alpha value is -2.55. The molecule has 0 bridgehead atoms. The van der Waals surface area contributed by atoms with Crippen LogP contribution in [0.4, 0.5) is 26.3 Å². The van der Waals surface area contributed by atoms with E-state index in [0.29, 0.717) is 23.1 Å². The average Bonchev–Trinajstić information content (AvgIpc) is 2.80. The quantitative estimate of drug-likeness (QED) is 0.372. The highest BCUT2D eigenvalue weighted by molar-refractivity contribution is 5.81. The van der Waals surface area contributed by atoms with Crippen LogP contribution in [-0.2, 0) is 16.4 Å². The Labute approximate surface area is 219 Å². The Morgan fingerprint density at radius 3 is 1.87 bits per heavy atom. The lowest BCUT2D eigenvalue weighted by Crippen LogP contribution is -2.42. The molecule has 0 aromatic heterocycles. The molecule has 2 aromatic carbocycles. The lowest BCUT2D eigenvalue weighted by Gasteiger charge is -2.41. The third kappa shape index (κ3) is 6.90. The number of carboxylic acids is 1. The molecule has 210 valence electrons. The van der Waals surface area contributed by atoms with Crippen LogP contribution >= 0.6 is 0 Å². The van der Waals surface area contributed by atoms with Crippen molar-refractivity contribution in [1.29, 1.82) is 0 Å². The highest BCUT2D eigenvalue weighted by atomic mass is 19.4. The summed E-state index contributed by atoms with van der Waals surface area (Å²) in [5.41, 5.74) is 0.0401. The maximum atomic E-state index is 13.3. The maximum absolute atomic E-state index is 13.3. The van der Waals surface area contributed by atoms with Crippen LogP contribution in [0.3, 0.4) is 0 Å². The second kappa shape index (κ2) is 10.5. The van der Waals surface area contributed by atoms with Crippen LogP contribution in [0.5, 0.6) is 0 Å². The van der Waals surface area contributed by atoms with Gasteiger partial charge in [-0.05, 0) is 92.1 Å². The molecule has 0 aliphatic carbocycles. The van der Waals surface area contributed by atoms with Crippen LogP contribution in [0, 0.1) is 11.3 Å². The van der Waals surface area contributed by atoms with E-state index >= 15 is 0 Å². The van der Waals surface area contributed by atoms with Crippen LogP contribution in [0.15, 0.2) is 42.5 Å². The average molecular weight is 544 g/mol. The SMILES string of the molecule is CC(C)(C)CC(c1ccc(C(C)(C)C(=O)O)cc1-c1ccc(C(F)(F)F)cc1)N1CCC(C(F)(F)F)CC1. The van der Waals surface area contributed by atoms with Crippen molar-refractivity contribution in [3.63, 3.8) is 0 Å². The lowest BCUT2D eigenvalue weighted by atomic mass is 9.78. The van der Waals surface area contributed by atoms with Gasteiger partial charge < -0.3 is 5.11 Å². The summed E-state index contributed by atoms with van der Waals surface area (Å²) in [5, 5.41) is 9.78. The van der Waals surface area contributed by atoms with Gasteiger partial charge in [0.15, 0.2) is 0 Å². The Bertz CT molecular complexity index is 1120. The summed E-state index contributed by atoms with van der Waals surface area (Å²) in [5.74, 6) is -2.41. The highest BCUT2D eigenvalue weighted by Gasteiger charge is 2.43. The molecule has 0 amide bonds. The molecule has 1 aliphatic rings. The van der Waals surface area contributed by atoms with Gasteiger partial charge in [0.1, 0.15) is 0 Å². The number of likely N-dealkylation sites (tertiary alicyclic amines) is 1. The summed E-state index contributed by atoms with van der Waals surface area (Å²) in [6.45, 7) is 9.66. The topological polar surface area (TPSA) is 40.5 Å². The molecule has 0 saturated carbocycles. The number of halogens is 6. The molecular formula is C29H35F6NO2. The smallest absolute Gasteiger partial charge is 0.416 e. The van der Waals surface area contributed by atoms with Crippen molar-refractivity contribution in [3.05, 3.63) is 59.2 Å². The summed E-state index contributed by atoms with van der Waals surface area (Å²) in [6.07, 6.45) is -8.21. The van der Waals surface area contributed by atoms with E-state index in [-0.39, 0.29) is 37.4 Å². The lowest BCUT2D eigenvalue weighted by molar-refractivity contribution is -0.186. The summed E-state index contributed by atoms with van der Waals surface area (Å²) in [4.78, 5) is 14.0. The van der Waals surface area contributed by atoms with Gasteiger partial charge in [-0.25, -0.2) is 0 Å². The van der Waals surface area contributed by atoms with E-state index in [0.717, 1.165) is 17.7 Å². The summed E-state index contributed by atoms with van der Waals surface area (Å²) in [6, 6.07) is 9.59. The number of alkyl halides is 6. The molecular weight excluding hydrogens is 508 g/mol. The normalized spacial score (nSPS) is 17.4. The summed E-state index contributed by atoms with van der Waals surface area (Å²) >= 11 is 0. The molecule has 1 atom stereocenters. The van der Waals surface area contributed by atoms with Gasteiger partial charge in [-0.1, -0.05) is 45.0 Å². The van der Waals surface area contributed by atoms with Gasteiger partial charge in [-0.3, -0.25) is 9.69 Å². The van der Waals surface area contributed by atoms with Gasteiger partial charge in [0.25, 0.3) is 0 Å². The zero-order valence-electron chi connectivity index (χ0n) is 22.3. The van der Waals surface area contributed by atoms with Crippen LogP contribution in [0.25, 0.3) is 11.1 Å². The maximum Gasteiger partial charge on any atom is 0.416 e.